The van der Waals surface area contributed by atoms with Gasteiger partial charge in [-0.1, -0.05) is 12.8 Å². The summed E-state index contributed by atoms with van der Waals surface area (Å²) < 4.78 is 5.81. The van der Waals surface area contributed by atoms with E-state index in [9.17, 15) is 15.0 Å². The van der Waals surface area contributed by atoms with Crippen LogP contribution in [0.25, 0.3) is 0 Å². The van der Waals surface area contributed by atoms with Gasteiger partial charge in [0.05, 0.1) is 11.7 Å². The van der Waals surface area contributed by atoms with Crippen LogP contribution in [0.2, 0.25) is 0 Å². The number of rotatable bonds is 0. The zero-order chi connectivity index (χ0) is 21.4. The second kappa shape index (κ2) is 7.10. The van der Waals surface area contributed by atoms with Crippen molar-refractivity contribution in [2.45, 2.75) is 115 Å². The quantitative estimate of drug-likeness (QED) is 0.612. The number of piperidine rings is 1. The van der Waals surface area contributed by atoms with E-state index in [0.717, 1.165) is 38.5 Å². The number of carbonyl (C=O) groups excluding carboxylic acids is 1. The van der Waals surface area contributed by atoms with Crippen LogP contribution in [0.3, 0.4) is 0 Å². The molecule has 1 aliphatic heterocycles. The van der Waals surface area contributed by atoms with Gasteiger partial charge in [-0.25, -0.2) is 4.79 Å². The first kappa shape index (κ1) is 21.1. The molecule has 30 heavy (non-hydrogen) atoms. The van der Waals surface area contributed by atoms with Crippen molar-refractivity contribution in [3.63, 3.8) is 0 Å². The zero-order valence-electron chi connectivity index (χ0n) is 19.2. The Morgan fingerprint density at radius 1 is 1.03 bits per heavy atom. The summed E-state index contributed by atoms with van der Waals surface area (Å²) in [5.74, 6) is 2.27. The van der Waals surface area contributed by atoms with Gasteiger partial charge in [-0.2, -0.15) is 0 Å². The molecule has 1 saturated heterocycles. The zero-order valence-corrected chi connectivity index (χ0v) is 19.2. The van der Waals surface area contributed by atoms with Crippen molar-refractivity contribution in [1.29, 1.82) is 0 Å². The van der Waals surface area contributed by atoms with E-state index in [1.807, 2.05) is 25.7 Å². The van der Waals surface area contributed by atoms with Gasteiger partial charge in [0.15, 0.2) is 0 Å². The average molecular weight is 420 g/mol. The van der Waals surface area contributed by atoms with Gasteiger partial charge in [-0.15, -0.1) is 0 Å². The van der Waals surface area contributed by atoms with E-state index in [1.54, 1.807) is 0 Å². The SMILES string of the molecule is C[C@H]1CC[C@@H]2[C@@H](C[C@H]3C[C@]2(O)[C@@H]2CC(O)[C@@H]4CCCC[C@H]4[C@H]32)N1C(=O)OC(C)(C)C. The maximum Gasteiger partial charge on any atom is 0.410 e. The highest BCUT2D eigenvalue weighted by molar-refractivity contribution is 5.69. The Balaban J connectivity index is 1.47. The van der Waals surface area contributed by atoms with Crippen LogP contribution in [0.4, 0.5) is 4.79 Å². The molecular formula is C25H41NO4. The Morgan fingerprint density at radius 2 is 1.73 bits per heavy atom. The summed E-state index contributed by atoms with van der Waals surface area (Å²) in [6.07, 6.45) is 8.88. The number of likely N-dealkylation sites (tertiary alicyclic amines) is 1. The number of ether oxygens (including phenoxy) is 1. The molecule has 10 atom stereocenters. The molecule has 5 nitrogen and oxygen atoms in total. The van der Waals surface area contributed by atoms with Gasteiger partial charge in [0.25, 0.3) is 0 Å². The minimum atomic E-state index is -0.734. The third-order valence-corrected chi connectivity index (χ3v) is 9.58. The van der Waals surface area contributed by atoms with Gasteiger partial charge in [0.1, 0.15) is 5.60 Å². The molecule has 0 spiro atoms. The first-order valence-corrected chi connectivity index (χ1v) is 12.5. The number of amides is 1. The van der Waals surface area contributed by atoms with Gasteiger partial charge in [-0.05, 0) is 102 Å². The molecule has 0 aromatic rings. The summed E-state index contributed by atoms with van der Waals surface area (Å²) >= 11 is 0. The van der Waals surface area contributed by atoms with E-state index in [4.69, 9.17) is 4.74 Å². The van der Waals surface area contributed by atoms with Gasteiger partial charge in [0, 0.05) is 18.0 Å². The van der Waals surface area contributed by atoms with Crippen LogP contribution < -0.4 is 0 Å². The third-order valence-electron chi connectivity index (χ3n) is 9.58. The van der Waals surface area contributed by atoms with E-state index in [-0.39, 0.29) is 36.1 Å². The number of hydrogen-bond donors (Lipinski definition) is 2. The first-order valence-electron chi connectivity index (χ1n) is 12.5. The molecule has 4 saturated carbocycles. The van der Waals surface area contributed by atoms with Crippen molar-refractivity contribution in [3.8, 4) is 0 Å². The van der Waals surface area contributed by atoms with E-state index in [2.05, 4.69) is 6.92 Å². The van der Waals surface area contributed by atoms with Gasteiger partial charge in [-0.3, -0.25) is 0 Å². The molecule has 1 amide bonds. The summed E-state index contributed by atoms with van der Waals surface area (Å²) in [5.41, 5.74) is -1.25. The highest BCUT2D eigenvalue weighted by Crippen LogP contribution is 2.65. The fourth-order valence-corrected chi connectivity index (χ4v) is 8.70. The maximum atomic E-state index is 13.2. The predicted molar refractivity (Wildman–Crippen MR) is 115 cm³/mol. The Labute approximate surface area is 181 Å². The summed E-state index contributed by atoms with van der Waals surface area (Å²) in [5, 5.41) is 23.1. The molecule has 5 fully saturated rings. The van der Waals surface area contributed by atoms with Crippen molar-refractivity contribution in [3.05, 3.63) is 0 Å². The van der Waals surface area contributed by atoms with Gasteiger partial charge >= 0.3 is 6.09 Å². The standard InChI is InChI=1S/C25H41NO4/c1-14-9-10-18-20(26(14)23(28)30-24(2,3)4)11-15-13-25(18,29)19-12-21(27)16-7-5-6-8-17(16)22(15)19/h14-22,27,29H,5-13H2,1-4H3/t14-,15-,16+,17+,18+,19+,20+,21?,22-,25+/m0/s1. The number of aliphatic hydroxyl groups is 2. The molecule has 170 valence electrons. The molecular weight excluding hydrogens is 378 g/mol. The summed E-state index contributed by atoms with van der Waals surface area (Å²) in [6, 6.07) is 0.217. The topological polar surface area (TPSA) is 70.0 Å². The van der Waals surface area contributed by atoms with Crippen LogP contribution in [0.5, 0.6) is 0 Å². The minimum Gasteiger partial charge on any atom is -0.444 e. The Bertz CT molecular complexity index is 689. The highest BCUT2D eigenvalue weighted by atomic mass is 16.6. The number of fused-ring (bicyclic) bond motifs is 9. The average Bonchev–Trinajstić information content (AvgIpc) is 2.88. The van der Waals surface area contributed by atoms with Crippen molar-refractivity contribution >= 4 is 6.09 Å². The van der Waals surface area contributed by atoms with Crippen molar-refractivity contribution in [1.82, 2.24) is 4.90 Å². The fourth-order valence-electron chi connectivity index (χ4n) is 8.70. The molecule has 2 bridgehead atoms. The van der Waals surface area contributed by atoms with Crippen LogP contribution in [0.15, 0.2) is 0 Å². The number of carbonyl (C=O) groups is 1. The van der Waals surface area contributed by atoms with E-state index < -0.39 is 11.2 Å². The van der Waals surface area contributed by atoms with Crippen LogP contribution in [-0.4, -0.2) is 50.6 Å². The summed E-state index contributed by atoms with van der Waals surface area (Å²) in [6.45, 7) is 7.91. The Hall–Kier alpha value is -0.810. The largest absolute Gasteiger partial charge is 0.444 e. The lowest BCUT2D eigenvalue weighted by Crippen LogP contribution is -2.62. The second-order valence-corrected chi connectivity index (χ2v) is 12.3. The Morgan fingerprint density at radius 3 is 2.43 bits per heavy atom. The fraction of sp³-hybridized carbons (Fsp3) is 0.960. The molecule has 1 unspecified atom stereocenters. The lowest BCUT2D eigenvalue weighted by Gasteiger charge is -2.54. The molecule has 0 aromatic carbocycles. The molecule has 5 rings (SSSR count). The van der Waals surface area contributed by atoms with E-state index in [1.165, 1.54) is 19.3 Å². The van der Waals surface area contributed by atoms with Gasteiger partial charge in [0.2, 0.25) is 0 Å². The molecule has 0 radical (unpaired) electrons. The maximum absolute atomic E-state index is 13.2. The highest BCUT2D eigenvalue weighted by Gasteiger charge is 2.67. The second-order valence-electron chi connectivity index (χ2n) is 12.3. The first-order chi connectivity index (χ1) is 14.1. The monoisotopic (exact) mass is 419 g/mol. The molecule has 1 heterocycles. The Kier molecular flexibility index (Phi) is 4.98. The number of nitrogens with zero attached hydrogens (tertiary/aromatic N) is 1. The lowest BCUT2D eigenvalue weighted by molar-refractivity contribution is -0.144. The molecule has 5 aliphatic rings. The van der Waals surface area contributed by atoms with Crippen LogP contribution >= 0.6 is 0 Å². The normalized spacial score (nSPS) is 50.3. The van der Waals surface area contributed by atoms with E-state index >= 15 is 0 Å². The molecule has 2 N–H and O–H groups in total. The van der Waals surface area contributed by atoms with Crippen LogP contribution in [0.1, 0.15) is 85.5 Å². The predicted octanol–water partition coefficient (Wildman–Crippen LogP) is 4.35. The summed E-state index contributed by atoms with van der Waals surface area (Å²) in [4.78, 5) is 15.2. The number of hydrogen-bond acceptors (Lipinski definition) is 4. The molecule has 4 aliphatic carbocycles. The van der Waals surface area contributed by atoms with Crippen molar-refractivity contribution < 1.29 is 19.7 Å². The van der Waals surface area contributed by atoms with Gasteiger partial charge < -0.3 is 19.8 Å². The summed E-state index contributed by atoms with van der Waals surface area (Å²) in [7, 11) is 0. The van der Waals surface area contributed by atoms with Crippen LogP contribution in [-0.2, 0) is 4.74 Å². The lowest BCUT2D eigenvalue weighted by atomic mass is 9.58. The molecule has 0 aromatic heterocycles. The smallest absolute Gasteiger partial charge is 0.410 e. The van der Waals surface area contributed by atoms with Crippen molar-refractivity contribution in [2.24, 2.45) is 35.5 Å². The number of aliphatic hydroxyl groups excluding tert-OH is 1. The van der Waals surface area contributed by atoms with Crippen molar-refractivity contribution in [2.75, 3.05) is 0 Å². The van der Waals surface area contributed by atoms with Crippen LogP contribution in [0, 0.1) is 35.5 Å². The minimum absolute atomic E-state index is 0.0668. The third kappa shape index (κ3) is 3.13. The van der Waals surface area contributed by atoms with E-state index in [0.29, 0.717) is 23.7 Å². The molecule has 5 heteroatoms.